The molecule has 0 saturated carbocycles. The maximum absolute atomic E-state index is 6.01. The number of benzene rings is 1. The van der Waals surface area contributed by atoms with Crippen molar-refractivity contribution in [1.29, 1.82) is 0 Å². The standard InChI is InChI=1S/C17H28BrN3/c1-13(2)12-20-6-8-21(9-7-20)17-5-4-16(18)11-15(17)10-14(3)19/h4-5,11,13-14H,6-10,12,19H2,1-3H3. The number of nitrogens with zero attached hydrogens (tertiary/aromatic N) is 2. The summed E-state index contributed by atoms with van der Waals surface area (Å²) in [5.74, 6) is 0.748. The summed E-state index contributed by atoms with van der Waals surface area (Å²) < 4.78 is 1.14. The largest absolute Gasteiger partial charge is 0.369 e. The fourth-order valence-corrected chi connectivity index (χ4v) is 3.47. The second kappa shape index (κ2) is 7.61. The van der Waals surface area contributed by atoms with Crippen LogP contribution in [0.2, 0.25) is 0 Å². The van der Waals surface area contributed by atoms with Crippen molar-refractivity contribution in [3.8, 4) is 0 Å². The lowest BCUT2D eigenvalue weighted by atomic mass is 10.0. The molecule has 1 fully saturated rings. The Morgan fingerprint density at radius 3 is 2.38 bits per heavy atom. The van der Waals surface area contributed by atoms with Crippen molar-refractivity contribution in [2.45, 2.75) is 33.2 Å². The van der Waals surface area contributed by atoms with Crippen molar-refractivity contribution >= 4 is 21.6 Å². The average molecular weight is 354 g/mol. The lowest BCUT2D eigenvalue weighted by molar-refractivity contribution is 0.231. The molecule has 2 N–H and O–H groups in total. The fraction of sp³-hybridized carbons (Fsp3) is 0.647. The monoisotopic (exact) mass is 353 g/mol. The molecule has 1 heterocycles. The summed E-state index contributed by atoms with van der Waals surface area (Å²) in [6.45, 7) is 12.4. The molecular weight excluding hydrogens is 326 g/mol. The summed E-state index contributed by atoms with van der Waals surface area (Å²) in [7, 11) is 0. The van der Waals surface area contributed by atoms with Crippen LogP contribution < -0.4 is 10.6 Å². The smallest absolute Gasteiger partial charge is 0.0401 e. The first-order chi connectivity index (χ1) is 9.95. The van der Waals surface area contributed by atoms with E-state index in [2.05, 4.69) is 64.7 Å². The molecule has 0 radical (unpaired) electrons. The van der Waals surface area contributed by atoms with Gasteiger partial charge in [0, 0.05) is 48.9 Å². The number of nitrogens with two attached hydrogens (primary N) is 1. The third-order valence-electron chi connectivity index (χ3n) is 3.92. The van der Waals surface area contributed by atoms with Crippen LogP contribution in [0.15, 0.2) is 22.7 Å². The number of halogens is 1. The zero-order chi connectivity index (χ0) is 15.4. The van der Waals surface area contributed by atoms with Gasteiger partial charge in [0.15, 0.2) is 0 Å². The zero-order valence-corrected chi connectivity index (χ0v) is 15.1. The van der Waals surface area contributed by atoms with Crippen molar-refractivity contribution < 1.29 is 0 Å². The number of piperazine rings is 1. The lowest BCUT2D eigenvalue weighted by Gasteiger charge is -2.38. The molecular formula is C17H28BrN3. The molecule has 1 atom stereocenters. The number of anilines is 1. The maximum Gasteiger partial charge on any atom is 0.0401 e. The molecule has 0 aliphatic carbocycles. The van der Waals surface area contributed by atoms with Gasteiger partial charge in [-0.15, -0.1) is 0 Å². The van der Waals surface area contributed by atoms with Gasteiger partial charge in [0.25, 0.3) is 0 Å². The van der Waals surface area contributed by atoms with Crippen molar-refractivity contribution in [3.05, 3.63) is 28.2 Å². The molecule has 118 valence electrons. The van der Waals surface area contributed by atoms with Gasteiger partial charge in [0.1, 0.15) is 0 Å². The van der Waals surface area contributed by atoms with Gasteiger partial charge in [-0.2, -0.15) is 0 Å². The van der Waals surface area contributed by atoms with Crippen LogP contribution in [0.25, 0.3) is 0 Å². The van der Waals surface area contributed by atoms with Crippen LogP contribution in [0.4, 0.5) is 5.69 Å². The van der Waals surface area contributed by atoms with Crippen molar-refractivity contribution in [2.24, 2.45) is 11.7 Å². The molecule has 1 unspecified atom stereocenters. The quantitative estimate of drug-likeness (QED) is 0.882. The van der Waals surface area contributed by atoms with Crippen molar-refractivity contribution in [2.75, 3.05) is 37.6 Å². The molecule has 1 aliphatic heterocycles. The molecule has 1 aliphatic rings. The number of rotatable bonds is 5. The van der Waals surface area contributed by atoms with E-state index in [9.17, 15) is 0 Å². The predicted molar refractivity (Wildman–Crippen MR) is 95.0 cm³/mol. The Hall–Kier alpha value is -0.580. The van der Waals surface area contributed by atoms with Crippen molar-refractivity contribution in [3.63, 3.8) is 0 Å². The Bertz CT molecular complexity index is 451. The normalized spacial score (nSPS) is 18.3. The van der Waals surface area contributed by atoms with E-state index in [1.54, 1.807) is 0 Å². The summed E-state index contributed by atoms with van der Waals surface area (Å²) >= 11 is 3.58. The molecule has 0 spiro atoms. The van der Waals surface area contributed by atoms with E-state index in [-0.39, 0.29) is 6.04 Å². The molecule has 0 aromatic heterocycles. The highest BCUT2D eigenvalue weighted by molar-refractivity contribution is 9.10. The third-order valence-corrected chi connectivity index (χ3v) is 4.41. The van der Waals surface area contributed by atoms with E-state index in [1.165, 1.54) is 17.8 Å². The Morgan fingerprint density at radius 2 is 1.81 bits per heavy atom. The Kier molecular flexibility index (Phi) is 6.08. The highest BCUT2D eigenvalue weighted by atomic mass is 79.9. The van der Waals surface area contributed by atoms with Gasteiger partial charge in [0.2, 0.25) is 0 Å². The highest BCUT2D eigenvalue weighted by Gasteiger charge is 2.20. The predicted octanol–water partition coefficient (Wildman–Crippen LogP) is 3.12. The number of hydrogen-bond donors (Lipinski definition) is 1. The van der Waals surface area contributed by atoms with Crippen LogP contribution in [0.3, 0.4) is 0 Å². The highest BCUT2D eigenvalue weighted by Crippen LogP contribution is 2.26. The SMILES string of the molecule is CC(C)CN1CCN(c2ccc(Br)cc2CC(C)N)CC1. The van der Waals surface area contributed by atoms with Gasteiger partial charge in [-0.25, -0.2) is 0 Å². The summed E-state index contributed by atoms with van der Waals surface area (Å²) in [5, 5.41) is 0. The van der Waals surface area contributed by atoms with Crippen LogP contribution in [-0.2, 0) is 6.42 Å². The van der Waals surface area contributed by atoms with E-state index in [4.69, 9.17) is 5.73 Å². The molecule has 1 saturated heterocycles. The Balaban J connectivity index is 2.05. The summed E-state index contributed by atoms with van der Waals surface area (Å²) in [5.41, 5.74) is 8.73. The first-order valence-corrected chi connectivity index (χ1v) is 8.76. The van der Waals surface area contributed by atoms with E-state index in [1.807, 2.05) is 0 Å². The van der Waals surface area contributed by atoms with Gasteiger partial charge in [-0.3, -0.25) is 4.90 Å². The molecule has 1 aromatic rings. The second-order valence-electron chi connectivity index (χ2n) is 6.64. The first-order valence-electron chi connectivity index (χ1n) is 7.97. The third kappa shape index (κ3) is 4.97. The van der Waals surface area contributed by atoms with Gasteiger partial charge < -0.3 is 10.6 Å². The van der Waals surface area contributed by atoms with Gasteiger partial charge >= 0.3 is 0 Å². The van der Waals surface area contributed by atoms with Crippen LogP contribution in [0.5, 0.6) is 0 Å². The Labute approximate surface area is 137 Å². The second-order valence-corrected chi connectivity index (χ2v) is 7.55. The summed E-state index contributed by atoms with van der Waals surface area (Å²) in [6, 6.07) is 6.79. The van der Waals surface area contributed by atoms with Crippen LogP contribution >= 0.6 is 15.9 Å². The zero-order valence-electron chi connectivity index (χ0n) is 13.5. The molecule has 0 amide bonds. The molecule has 2 rings (SSSR count). The topological polar surface area (TPSA) is 32.5 Å². The molecule has 3 nitrogen and oxygen atoms in total. The Morgan fingerprint density at radius 1 is 1.14 bits per heavy atom. The van der Waals surface area contributed by atoms with E-state index in [0.717, 1.165) is 43.0 Å². The molecule has 21 heavy (non-hydrogen) atoms. The minimum Gasteiger partial charge on any atom is -0.369 e. The van der Waals surface area contributed by atoms with E-state index in [0.29, 0.717) is 0 Å². The van der Waals surface area contributed by atoms with Crippen LogP contribution in [0, 0.1) is 5.92 Å². The lowest BCUT2D eigenvalue weighted by Crippen LogP contribution is -2.47. The summed E-state index contributed by atoms with van der Waals surface area (Å²) in [4.78, 5) is 5.09. The van der Waals surface area contributed by atoms with Crippen LogP contribution in [0.1, 0.15) is 26.3 Å². The van der Waals surface area contributed by atoms with Gasteiger partial charge in [-0.05, 0) is 43.0 Å². The minimum atomic E-state index is 0.195. The molecule has 0 bridgehead atoms. The molecule has 4 heteroatoms. The maximum atomic E-state index is 6.01. The summed E-state index contributed by atoms with van der Waals surface area (Å²) in [6.07, 6.45) is 0.932. The van der Waals surface area contributed by atoms with Gasteiger partial charge in [-0.1, -0.05) is 29.8 Å². The van der Waals surface area contributed by atoms with E-state index >= 15 is 0 Å². The van der Waals surface area contributed by atoms with E-state index < -0.39 is 0 Å². The van der Waals surface area contributed by atoms with Gasteiger partial charge in [0.05, 0.1) is 0 Å². The van der Waals surface area contributed by atoms with Crippen LogP contribution in [-0.4, -0.2) is 43.7 Å². The fourth-order valence-electron chi connectivity index (χ4n) is 3.06. The average Bonchev–Trinajstić information content (AvgIpc) is 2.39. The van der Waals surface area contributed by atoms with Crippen molar-refractivity contribution in [1.82, 2.24) is 4.90 Å². The minimum absolute atomic E-state index is 0.195. The number of hydrogen-bond acceptors (Lipinski definition) is 3. The molecule has 1 aromatic carbocycles. The first kappa shape index (κ1) is 16.8.